The number of piperidine rings is 3. The number of hydrogen-bond acceptors (Lipinski definition) is 4. The molecule has 4 rings (SSSR count). The molecule has 3 aliphatic heterocycles. The second-order valence-electron chi connectivity index (χ2n) is 8.41. The number of rotatable bonds is 4. The summed E-state index contributed by atoms with van der Waals surface area (Å²) in [6, 6.07) is 0.995. The van der Waals surface area contributed by atoms with Gasteiger partial charge in [0.15, 0.2) is 5.78 Å². The van der Waals surface area contributed by atoms with Crippen molar-refractivity contribution in [1.82, 2.24) is 10.2 Å². The van der Waals surface area contributed by atoms with E-state index >= 15 is 0 Å². The van der Waals surface area contributed by atoms with E-state index in [-0.39, 0.29) is 12.0 Å². The Hall–Kier alpha value is -0.710. The molecule has 4 atom stereocenters. The van der Waals surface area contributed by atoms with Crippen LogP contribution in [-0.4, -0.2) is 54.1 Å². The first-order valence-corrected chi connectivity index (χ1v) is 10.1. The fraction of sp³-hybridized carbons (Fsp3) is 0.850. The SMILES string of the molecule is O=C1C(CCCO)=C[C@H]2C[C@]1([C@@H]1CCCCN1)CN1CCCC[C@@H]21. The number of carbonyl (C=O) groups is 1. The highest BCUT2D eigenvalue weighted by Gasteiger charge is 2.55. The molecule has 3 heterocycles. The van der Waals surface area contributed by atoms with Crippen molar-refractivity contribution in [2.45, 2.75) is 69.9 Å². The van der Waals surface area contributed by atoms with Gasteiger partial charge in [-0.25, -0.2) is 0 Å². The minimum atomic E-state index is -0.210. The second kappa shape index (κ2) is 6.89. The lowest BCUT2D eigenvalue weighted by molar-refractivity contribution is -0.137. The van der Waals surface area contributed by atoms with Gasteiger partial charge in [0, 0.05) is 25.2 Å². The molecule has 0 aromatic carbocycles. The van der Waals surface area contributed by atoms with E-state index in [1.54, 1.807) is 0 Å². The predicted molar refractivity (Wildman–Crippen MR) is 94.8 cm³/mol. The van der Waals surface area contributed by atoms with Crippen molar-refractivity contribution in [2.75, 3.05) is 26.2 Å². The number of ketones is 1. The van der Waals surface area contributed by atoms with Gasteiger partial charge in [-0.1, -0.05) is 18.9 Å². The Morgan fingerprint density at radius 1 is 1.25 bits per heavy atom. The first-order valence-electron chi connectivity index (χ1n) is 10.1. The van der Waals surface area contributed by atoms with E-state index in [0.29, 0.717) is 30.2 Å². The Labute approximate surface area is 145 Å². The largest absolute Gasteiger partial charge is 0.396 e. The monoisotopic (exact) mass is 332 g/mol. The molecular weight excluding hydrogens is 300 g/mol. The average molecular weight is 332 g/mol. The molecular formula is C20H32N2O2. The molecule has 2 N–H and O–H groups in total. The Kier molecular flexibility index (Phi) is 4.81. The van der Waals surface area contributed by atoms with Gasteiger partial charge in [-0.3, -0.25) is 9.69 Å². The third-order valence-corrected chi connectivity index (χ3v) is 6.98. The molecule has 0 aromatic heterocycles. The summed E-state index contributed by atoms with van der Waals surface area (Å²) >= 11 is 0. The molecule has 4 nitrogen and oxygen atoms in total. The van der Waals surface area contributed by atoms with Crippen LogP contribution in [-0.2, 0) is 4.79 Å². The van der Waals surface area contributed by atoms with E-state index in [1.807, 2.05) is 0 Å². The summed E-state index contributed by atoms with van der Waals surface area (Å²) < 4.78 is 0. The van der Waals surface area contributed by atoms with Crippen LogP contribution in [0.15, 0.2) is 11.6 Å². The molecule has 0 unspecified atom stereocenters. The van der Waals surface area contributed by atoms with E-state index in [4.69, 9.17) is 0 Å². The molecule has 0 amide bonds. The molecule has 2 bridgehead atoms. The molecule has 3 fully saturated rings. The van der Waals surface area contributed by atoms with Crippen LogP contribution in [0, 0.1) is 11.3 Å². The van der Waals surface area contributed by atoms with Gasteiger partial charge in [0.2, 0.25) is 0 Å². The minimum absolute atomic E-state index is 0.180. The number of hydrogen-bond donors (Lipinski definition) is 2. The Morgan fingerprint density at radius 3 is 2.92 bits per heavy atom. The normalized spacial score (nSPS) is 40.1. The molecule has 3 saturated heterocycles. The smallest absolute Gasteiger partial charge is 0.167 e. The van der Waals surface area contributed by atoms with Gasteiger partial charge in [0.05, 0.1) is 5.41 Å². The number of aliphatic hydroxyl groups is 1. The standard InChI is InChI=1S/C20H32N2O2/c23-11-5-6-15-12-16-13-20(19(15)24,18-8-1-3-9-21-18)14-22-10-4-2-7-17(16)22/h12,16-18,21,23H,1-11,13-14H2/t16-,17-,18-,20+/m0/s1. The topological polar surface area (TPSA) is 52.6 Å². The zero-order valence-corrected chi connectivity index (χ0v) is 14.8. The van der Waals surface area contributed by atoms with Crippen molar-refractivity contribution in [2.24, 2.45) is 11.3 Å². The maximum absolute atomic E-state index is 13.5. The summed E-state index contributed by atoms with van der Waals surface area (Å²) in [5.74, 6) is 0.935. The number of nitrogens with zero attached hydrogens (tertiary/aromatic N) is 1. The van der Waals surface area contributed by atoms with Gasteiger partial charge < -0.3 is 10.4 Å². The van der Waals surface area contributed by atoms with E-state index < -0.39 is 0 Å². The number of nitrogens with one attached hydrogen (secondary N) is 1. The van der Waals surface area contributed by atoms with Gasteiger partial charge >= 0.3 is 0 Å². The third kappa shape index (κ3) is 2.77. The number of fused-ring (bicyclic) bond motifs is 4. The van der Waals surface area contributed by atoms with Gasteiger partial charge in [-0.15, -0.1) is 0 Å². The van der Waals surface area contributed by atoms with Crippen LogP contribution in [0.25, 0.3) is 0 Å². The van der Waals surface area contributed by atoms with Crippen molar-refractivity contribution in [3.8, 4) is 0 Å². The molecule has 4 aliphatic rings. The molecule has 0 spiro atoms. The van der Waals surface area contributed by atoms with Crippen LogP contribution in [0.3, 0.4) is 0 Å². The summed E-state index contributed by atoms with van der Waals surface area (Å²) in [7, 11) is 0. The zero-order valence-electron chi connectivity index (χ0n) is 14.8. The molecule has 1 aliphatic carbocycles. The molecule has 0 radical (unpaired) electrons. The van der Waals surface area contributed by atoms with Crippen molar-refractivity contribution in [3.63, 3.8) is 0 Å². The minimum Gasteiger partial charge on any atom is -0.396 e. The number of allylic oxidation sites excluding steroid dienone is 1. The third-order valence-electron chi connectivity index (χ3n) is 6.98. The number of aliphatic hydroxyl groups excluding tert-OH is 1. The fourth-order valence-corrected chi connectivity index (χ4v) is 5.87. The summed E-state index contributed by atoms with van der Waals surface area (Å²) in [5.41, 5.74) is 0.816. The van der Waals surface area contributed by atoms with Crippen LogP contribution in [0.4, 0.5) is 0 Å². The van der Waals surface area contributed by atoms with Gasteiger partial charge in [-0.2, -0.15) is 0 Å². The quantitative estimate of drug-likeness (QED) is 0.829. The number of carbonyl (C=O) groups excluding carboxylic acids is 1. The highest BCUT2D eigenvalue weighted by molar-refractivity contribution is 6.01. The van der Waals surface area contributed by atoms with Crippen LogP contribution in [0.2, 0.25) is 0 Å². The van der Waals surface area contributed by atoms with E-state index in [2.05, 4.69) is 16.3 Å². The predicted octanol–water partition coefficient (Wildman–Crippen LogP) is 2.27. The van der Waals surface area contributed by atoms with Gasteiger partial charge in [0.25, 0.3) is 0 Å². The lowest BCUT2D eigenvalue weighted by Crippen LogP contribution is -2.66. The highest BCUT2D eigenvalue weighted by atomic mass is 16.3. The molecule has 0 aromatic rings. The lowest BCUT2D eigenvalue weighted by atomic mass is 9.58. The Balaban J connectivity index is 1.67. The summed E-state index contributed by atoms with van der Waals surface area (Å²) in [6.45, 7) is 3.37. The van der Waals surface area contributed by atoms with Crippen LogP contribution in [0.5, 0.6) is 0 Å². The first kappa shape index (κ1) is 16.7. The summed E-state index contributed by atoms with van der Waals surface area (Å²) in [4.78, 5) is 16.2. The van der Waals surface area contributed by atoms with Crippen molar-refractivity contribution in [1.29, 1.82) is 0 Å². The highest BCUT2D eigenvalue weighted by Crippen LogP contribution is 2.49. The number of Topliss-reactive ketones (excluding diaryl/α,β-unsaturated/α-hetero) is 1. The lowest BCUT2D eigenvalue weighted by Gasteiger charge is -2.57. The average Bonchev–Trinajstić information content (AvgIpc) is 2.64. The Bertz CT molecular complexity index is 512. The van der Waals surface area contributed by atoms with E-state index in [0.717, 1.165) is 37.9 Å². The maximum Gasteiger partial charge on any atom is 0.167 e. The molecule has 4 heteroatoms. The first-order chi connectivity index (χ1) is 11.7. The molecule has 24 heavy (non-hydrogen) atoms. The van der Waals surface area contributed by atoms with Gasteiger partial charge in [-0.05, 0) is 69.5 Å². The van der Waals surface area contributed by atoms with E-state index in [9.17, 15) is 9.90 Å². The van der Waals surface area contributed by atoms with E-state index in [1.165, 1.54) is 38.6 Å². The maximum atomic E-state index is 13.5. The zero-order chi connectivity index (χ0) is 16.6. The Morgan fingerprint density at radius 2 is 2.12 bits per heavy atom. The van der Waals surface area contributed by atoms with Crippen molar-refractivity contribution in [3.05, 3.63) is 11.6 Å². The fourth-order valence-electron chi connectivity index (χ4n) is 5.87. The van der Waals surface area contributed by atoms with Crippen LogP contribution in [0.1, 0.15) is 57.8 Å². The van der Waals surface area contributed by atoms with Crippen LogP contribution < -0.4 is 5.32 Å². The van der Waals surface area contributed by atoms with Crippen molar-refractivity contribution >= 4 is 5.78 Å². The van der Waals surface area contributed by atoms with Crippen LogP contribution >= 0.6 is 0 Å². The van der Waals surface area contributed by atoms with Gasteiger partial charge in [0.1, 0.15) is 0 Å². The second-order valence-corrected chi connectivity index (χ2v) is 8.41. The molecule has 134 valence electrons. The summed E-state index contributed by atoms with van der Waals surface area (Å²) in [5, 5.41) is 12.9. The van der Waals surface area contributed by atoms with Crippen molar-refractivity contribution < 1.29 is 9.90 Å². The molecule has 0 saturated carbocycles. The summed E-state index contributed by atoms with van der Waals surface area (Å²) in [6.07, 6.45) is 12.4.